The number of hydrogen-bond acceptors (Lipinski definition) is 7. The molecule has 0 spiro atoms. The van der Waals surface area contributed by atoms with Gasteiger partial charge in [-0.1, -0.05) is 11.2 Å². The van der Waals surface area contributed by atoms with E-state index in [0.29, 0.717) is 46.8 Å². The summed E-state index contributed by atoms with van der Waals surface area (Å²) in [6.07, 6.45) is 3.92. The maximum Gasteiger partial charge on any atom is 0.251 e. The molecule has 0 radical (unpaired) electrons. The molecule has 5 rings (SSSR count). The molecule has 0 unspecified atom stereocenters. The first-order valence-corrected chi connectivity index (χ1v) is 10.4. The molecule has 1 amide bonds. The number of hydrogen-bond donors (Lipinski definition) is 1. The molecule has 1 N–H and O–H groups in total. The Balaban J connectivity index is 1.35. The summed E-state index contributed by atoms with van der Waals surface area (Å²) in [5, 5.41) is 7.75. The quantitative estimate of drug-likeness (QED) is 0.397. The van der Waals surface area contributed by atoms with E-state index < -0.39 is 0 Å². The van der Waals surface area contributed by atoms with Gasteiger partial charge in [0, 0.05) is 36.0 Å². The second-order valence-corrected chi connectivity index (χ2v) is 7.34. The number of fused-ring (bicyclic) bond motifs is 1. The van der Waals surface area contributed by atoms with Crippen LogP contribution in [0.2, 0.25) is 0 Å². The topological polar surface area (TPSA) is 103 Å². The van der Waals surface area contributed by atoms with Gasteiger partial charge in [0.2, 0.25) is 5.89 Å². The zero-order valence-electron chi connectivity index (χ0n) is 17.8. The predicted octanol–water partition coefficient (Wildman–Crippen LogP) is 4.53. The minimum atomic E-state index is -0.181. The average Bonchev–Trinajstić information content (AvgIpc) is 3.51. The molecule has 3 aromatic heterocycles. The lowest BCUT2D eigenvalue weighted by Gasteiger charge is -2.05. The van der Waals surface area contributed by atoms with Gasteiger partial charge in [-0.3, -0.25) is 9.78 Å². The van der Waals surface area contributed by atoms with E-state index in [0.717, 1.165) is 17.0 Å². The second-order valence-electron chi connectivity index (χ2n) is 7.34. The van der Waals surface area contributed by atoms with Gasteiger partial charge in [-0.2, -0.15) is 0 Å². The predicted molar refractivity (Wildman–Crippen MR) is 122 cm³/mol. The molecule has 5 aromatic rings. The molecule has 33 heavy (non-hydrogen) atoms. The van der Waals surface area contributed by atoms with E-state index in [4.69, 9.17) is 13.7 Å². The van der Waals surface area contributed by atoms with Gasteiger partial charge in [0.05, 0.1) is 12.5 Å². The minimum absolute atomic E-state index is 0.181. The van der Waals surface area contributed by atoms with Gasteiger partial charge < -0.3 is 19.0 Å². The van der Waals surface area contributed by atoms with Crippen molar-refractivity contribution in [2.75, 3.05) is 13.7 Å². The van der Waals surface area contributed by atoms with Gasteiger partial charge in [0.25, 0.3) is 5.91 Å². The first-order chi connectivity index (χ1) is 16.2. The van der Waals surface area contributed by atoms with Crippen LogP contribution >= 0.6 is 0 Å². The molecular formula is C25H20N4O4. The Morgan fingerprint density at radius 1 is 1.09 bits per heavy atom. The molecule has 8 nitrogen and oxygen atoms in total. The lowest BCUT2D eigenvalue weighted by molar-refractivity contribution is 0.0954. The third-order valence-electron chi connectivity index (χ3n) is 5.21. The normalized spacial score (nSPS) is 10.9. The molecule has 164 valence electrons. The van der Waals surface area contributed by atoms with Gasteiger partial charge in [-0.15, -0.1) is 0 Å². The van der Waals surface area contributed by atoms with Crippen molar-refractivity contribution in [1.82, 2.24) is 20.4 Å². The minimum Gasteiger partial charge on any atom is -0.497 e. The number of nitrogens with zero attached hydrogens (tertiary/aromatic N) is 3. The molecule has 0 fully saturated rings. The molecule has 0 bridgehead atoms. The molecular weight excluding hydrogens is 420 g/mol. The zero-order valence-corrected chi connectivity index (χ0v) is 17.8. The monoisotopic (exact) mass is 440 g/mol. The van der Waals surface area contributed by atoms with E-state index in [2.05, 4.69) is 20.4 Å². The third-order valence-corrected chi connectivity index (χ3v) is 5.21. The van der Waals surface area contributed by atoms with E-state index in [-0.39, 0.29) is 5.91 Å². The summed E-state index contributed by atoms with van der Waals surface area (Å²) in [5.41, 5.74) is 3.83. The Kier molecular flexibility index (Phi) is 5.55. The fraction of sp³-hybridized carbons (Fsp3) is 0.120. The summed E-state index contributed by atoms with van der Waals surface area (Å²) in [6, 6.07) is 18.3. The number of carbonyl (C=O) groups is 1. The maximum atomic E-state index is 12.7. The van der Waals surface area contributed by atoms with Crippen molar-refractivity contribution >= 4 is 16.9 Å². The number of aromatic nitrogens is 3. The highest BCUT2D eigenvalue weighted by Gasteiger charge is 2.17. The van der Waals surface area contributed by atoms with Gasteiger partial charge in [0.1, 0.15) is 23.4 Å². The summed E-state index contributed by atoms with van der Waals surface area (Å²) in [5.74, 6) is 1.02. The summed E-state index contributed by atoms with van der Waals surface area (Å²) >= 11 is 0. The van der Waals surface area contributed by atoms with Crippen LogP contribution in [0.15, 0.2) is 82.1 Å². The van der Waals surface area contributed by atoms with E-state index in [9.17, 15) is 4.79 Å². The number of nitrogens with one attached hydrogen (secondary N) is 1. The molecule has 2 aromatic carbocycles. The Labute approximate surface area is 189 Å². The lowest BCUT2D eigenvalue weighted by Crippen LogP contribution is -2.25. The second kappa shape index (κ2) is 8.96. The fourth-order valence-corrected chi connectivity index (χ4v) is 3.47. The van der Waals surface area contributed by atoms with Crippen molar-refractivity contribution in [1.29, 1.82) is 0 Å². The number of rotatable bonds is 7. The van der Waals surface area contributed by atoms with Gasteiger partial charge in [-0.25, -0.2) is 4.98 Å². The van der Waals surface area contributed by atoms with Crippen LogP contribution in [-0.4, -0.2) is 34.7 Å². The number of amides is 1. The van der Waals surface area contributed by atoms with Gasteiger partial charge in [0.15, 0.2) is 5.58 Å². The molecule has 0 aliphatic carbocycles. The van der Waals surface area contributed by atoms with E-state index in [1.807, 2.05) is 42.5 Å². The molecule has 0 saturated carbocycles. The average molecular weight is 440 g/mol. The Hall–Kier alpha value is -4.46. The first-order valence-electron chi connectivity index (χ1n) is 10.4. The van der Waals surface area contributed by atoms with Crippen molar-refractivity contribution in [3.8, 4) is 28.6 Å². The number of methoxy groups -OCH3 is 1. The Morgan fingerprint density at radius 3 is 2.76 bits per heavy atom. The van der Waals surface area contributed by atoms with Crippen LogP contribution in [0.25, 0.3) is 33.8 Å². The number of benzene rings is 2. The van der Waals surface area contributed by atoms with Crippen LogP contribution in [0.1, 0.15) is 16.1 Å². The van der Waals surface area contributed by atoms with Crippen molar-refractivity contribution in [2.24, 2.45) is 0 Å². The highest BCUT2D eigenvalue weighted by molar-refractivity contribution is 6.00. The smallest absolute Gasteiger partial charge is 0.251 e. The van der Waals surface area contributed by atoms with Gasteiger partial charge >= 0.3 is 0 Å². The van der Waals surface area contributed by atoms with Crippen molar-refractivity contribution in [3.63, 3.8) is 0 Å². The number of ether oxygens (including phenoxy) is 1. The molecule has 8 heteroatoms. The Bertz CT molecular complexity index is 1390. The first kappa shape index (κ1) is 20.4. The van der Waals surface area contributed by atoms with Crippen LogP contribution in [0.3, 0.4) is 0 Å². The molecule has 0 atom stereocenters. The van der Waals surface area contributed by atoms with E-state index >= 15 is 0 Å². The van der Waals surface area contributed by atoms with Crippen molar-refractivity contribution in [3.05, 3.63) is 84.4 Å². The van der Waals surface area contributed by atoms with Crippen LogP contribution in [0.5, 0.6) is 5.75 Å². The summed E-state index contributed by atoms with van der Waals surface area (Å²) < 4.78 is 16.3. The Morgan fingerprint density at radius 2 is 1.97 bits per heavy atom. The zero-order chi connectivity index (χ0) is 22.6. The molecule has 3 heterocycles. The lowest BCUT2D eigenvalue weighted by atomic mass is 10.1. The van der Waals surface area contributed by atoms with Gasteiger partial charge in [-0.05, 0) is 54.6 Å². The van der Waals surface area contributed by atoms with Crippen molar-refractivity contribution in [2.45, 2.75) is 6.42 Å². The standard InChI is InChI=1S/C25H20N4O4/c1-31-19-8-5-16(6-9-19)25-28-21(15-32-25)23-20-14-17(7-10-22(20)33-29-23)24(30)27-13-11-18-4-2-3-12-26-18/h2-10,12,14-15H,11,13H2,1H3,(H,27,30). The van der Waals surface area contributed by atoms with E-state index in [1.54, 1.807) is 31.5 Å². The summed E-state index contributed by atoms with van der Waals surface area (Å²) in [7, 11) is 1.61. The number of pyridine rings is 1. The van der Waals surface area contributed by atoms with Crippen LogP contribution in [0.4, 0.5) is 0 Å². The maximum absolute atomic E-state index is 12.7. The highest BCUT2D eigenvalue weighted by Crippen LogP contribution is 2.31. The SMILES string of the molecule is COc1ccc(-c2nc(-c3noc4ccc(C(=O)NCCc5ccccn5)cc34)co2)cc1. The molecule has 0 aliphatic heterocycles. The highest BCUT2D eigenvalue weighted by atomic mass is 16.5. The largest absolute Gasteiger partial charge is 0.497 e. The molecule has 0 aliphatic rings. The summed E-state index contributed by atoms with van der Waals surface area (Å²) in [4.78, 5) is 21.5. The van der Waals surface area contributed by atoms with Crippen molar-refractivity contribution < 1.29 is 18.5 Å². The molecule has 0 saturated heterocycles. The van der Waals surface area contributed by atoms with E-state index in [1.165, 1.54) is 6.26 Å². The van der Waals surface area contributed by atoms with Crippen LogP contribution in [0, 0.1) is 0 Å². The number of oxazole rings is 1. The van der Waals surface area contributed by atoms with Crippen LogP contribution in [-0.2, 0) is 6.42 Å². The third kappa shape index (κ3) is 4.31. The fourth-order valence-electron chi connectivity index (χ4n) is 3.47. The number of carbonyl (C=O) groups excluding carboxylic acids is 1. The summed E-state index contributed by atoms with van der Waals surface area (Å²) in [6.45, 7) is 0.485. The van der Waals surface area contributed by atoms with Crippen LogP contribution < -0.4 is 10.1 Å².